The highest BCUT2D eigenvalue weighted by atomic mass is 16.6. The number of carbonyl (C=O) groups is 1. The van der Waals surface area contributed by atoms with Crippen molar-refractivity contribution in [1.29, 1.82) is 0 Å². The monoisotopic (exact) mass is 434 g/mol. The Bertz CT molecular complexity index is 1410. The van der Waals surface area contributed by atoms with Gasteiger partial charge in [0.05, 0.1) is 16.5 Å². The van der Waals surface area contributed by atoms with E-state index < -0.39 is 16.6 Å². The maximum Gasteiger partial charge on any atom is 0.420 e. The quantitative estimate of drug-likeness (QED) is 0.359. The SMILES string of the molecule is Cc1cccc(Oc2ncccc2NC(=O)Cn2c(=O)oc3cc([N+](=O)[O-])ccc32)c1C. The first kappa shape index (κ1) is 20.8. The summed E-state index contributed by atoms with van der Waals surface area (Å²) in [6, 6.07) is 12.6. The van der Waals surface area contributed by atoms with Crippen molar-refractivity contribution in [2.75, 3.05) is 5.32 Å². The normalized spacial score (nSPS) is 10.8. The van der Waals surface area contributed by atoms with Crippen molar-refractivity contribution in [2.45, 2.75) is 20.4 Å². The second kappa shape index (κ2) is 8.34. The van der Waals surface area contributed by atoms with E-state index >= 15 is 0 Å². The Morgan fingerprint density at radius 1 is 1.22 bits per heavy atom. The van der Waals surface area contributed by atoms with Crippen molar-refractivity contribution in [2.24, 2.45) is 0 Å². The number of aromatic nitrogens is 2. The van der Waals surface area contributed by atoms with Crippen molar-refractivity contribution < 1.29 is 18.9 Å². The van der Waals surface area contributed by atoms with Crippen LogP contribution in [0.1, 0.15) is 11.1 Å². The van der Waals surface area contributed by atoms with E-state index in [2.05, 4.69) is 10.3 Å². The molecule has 0 aliphatic heterocycles. The van der Waals surface area contributed by atoms with Gasteiger partial charge in [-0.2, -0.15) is 0 Å². The maximum atomic E-state index is 12.7. The third-order valence-corrected chi connectivity index (χ3v) is 4.97. The van der Waals surface area contributed by atoms with Crippen molar-refractivity contribution in [3.63, 3.8) is 0 Å². The maximum absolute atomic E-state index is 12.7. The Morgan fingerprint density at radius 2 is 2.03 bits per heavy atom. The van der Waals surface area contributed by atoms with Crippen LogP contribution in [0.4, 0.5) is 11.4 Å². The summed E-state index contributed by atoms with van der Waals surface area (Å²) in [5.41, 5.74) is 2.41. The number of carbonyl (C=O) groups excluding carboxylic acids is 1. The Labute approximate surface area is 181 Å². The number of hydrogen-bond acceptors (Lipinski definition) is 7. The zero-order valence-electron chi connectivity index (χ0n) is 17.2. The smallest absolute Gasteiger partial charge is 0.420 e. The number of amides is 1. The number of nitro benzene ring substituents is 1. The molecule has 0 aliphatic rings. The van der Waals surface area contributed by atoms with E-state index in [1.807, 2.05) is 26.0 Å². The minimum Gasteiger partial charge on any atom is -0.437 e. The van der Waals surface area contributed by atoms with Gasteiger partial charge in [0.25, 0.3) is 5.69 Å². The van der Waals surface area contributed by atoms with E-state index in [1.165, 1.54) is 18.3 Å². The summed E-state index contributed by atoms with van der Waals surface area (Å²) in [7, 11) is 0. The zero-order chi connectivity index (χ0) is 22.8. The van der Waals surface area contributed by atoms with Gasteiger partial charge in [-0.15, -0.1) is 0 Å². The predicted molar refractivity (Wildman–Crippen MR) is 116 cm³/mol. The number of pyridine rings is 1. The lowest BCUT2D eigenvalue weighted by molar-refractivity contribution is -0.384. The fraction of sp³-hybridized carbons (Fsp3) is 0.136. The lowest BCUT2D eigenvalue weighted by Crippen LogP contribution is -2.25. The van der Waals surface area contributed by atoms with Gasteiger partial charge >= 0.3 is 5.76 Å². The number of aryl methyl sites for hydroxylation is 1. The molecule has 4 rings (SSSR count). The summed E-state index contributed by atoms with van der Waals surface area (Å²) in [5.74, 6) is -0.506. The molecule has 1 amide bonds. The molecule has 10 heteroatoms. The lowest BCUT2D eigenvalue weighted by Gasteiger charge is -2.13. The molecule has 0 saturated carbocycles. The molecule has 0 unspecified atom stereocenters. The van der Waals surface area contributed by atoms with Crippen LogP contribution >= 0.6 is 0 Å². The Morgan fingerprint density at radius 3 is 2.81 bits per heavy atom. The van der Waals surface area contributed by atoms with Gasteiger partial charge in [0, 0.05) is 12.3 Å². The number of nitrogens with zero attached hydrogens (tertiary/aromatic N) is 3. The predicted octanol–water partition coefficient (Wildman–Crippen LogP) is 3.95. The average molecular weight is 434 g/mol. The number of hydrogen-bond donors (Lipinski definition) is 1. The van der Waals surface area contributed by atoms with Crippen molar-refractivity contribution in [1.82, 2.24) is 9.55 Å². The Hall–Kier alpha value is -4.47. The van der Waals surface area contributed by atoms with Crippen LogP contribution in [0.2, 0.25) is 0 Å². The summed E-state index contributed by atoms with van der Waals surface area (Å²) in [4.78, 5) is 39.4. The van der Waals surface area contributed by atoms with Gasteiger partial charge in [-0.1, -0.05) is 12.1 Å². The van der Waals surface area contributed by atoms with Gasteiger partial charge < -0.3 is 14.5 Å². The van der Waals surface area contributed by atoms with E-state index in [-0.39, 0.29) is 29.2 Å². The second-order valence-electron chi connectivity index (χ2n) is 7.07. The average Bonchev–Trinajstić information content (AvgIpc) is 3.07. The lowest BCUT2D eigenvalue weighted by atomic mass is 10.1. The van der Waals surface area contributed by atoms with Crippen molar-refractivity contribution in [3.8, 4) is 11.6 Å². The summed E-state index contributed by atoms with van der Waals surface area (Å²) in [6.45, 7) is 3.53. The highest BCUT2D eigenvalue weighted by Crippen LogP contribution is 2.30. The van der Waals surface area contributed by atoms with Crippen LogP contribution in [0.25, 0.3) is 11.1 Å². The number of non-ortho nitro benzene ring substituents is 1. The van der Waals surface area contributed by atoms with Crippen LogP contribution in [0, 0.1) is 24.0 Å². The number of fused-ring (bicyclic) bond motifs is 1. The molecular formula is C22H18N4O6. The number of nitro groups is 1. The van der Waals surface area contributed by atoms with Crippen LogP contribution in [0.5, 0.6) is 11.6 Å². The number of oxazole rings is 1. The van der Waals surface area contributed by atoms with Crippen LogP contribution in [0.3, 0.4) is 0 Å². The van der Waals surface area contributed by atoms with Crippen LogP contribution in [-0.4, -0.2) is 20.4 Å². The molecule has 0 fully saturated rings. The van der Waals surface area contributed by atoms with Gasteiger partial charge in [0.15, 0.2) is 5.58 Å². The molecule has 4 aromatic rings. The van der Waals surface area contributed by atoms with Crippen LogP contribution in [-0.2, 0) is 11.3 Å². The molecule has 1 N–H and O–H groups in total. The Kier molecular flexibility index (Phi) is 5.42. The van der Waals surface area contributed by atoms with Gasteiger partial charge in [-0.25, -0.2) is 9.78 Å². The topological polar surface area (TPSA) is 130 Å². The molecule has 2 heterocycles. The zero-order valence-corrected chi connectivity index (χ0v) is 17.2. The first-order chi connectivity index (χ1) is 15.3. The molecule has 2 aromatic carbocycles. The standard InChI is InChI=1S/C22H18N4O6/c1-13-5-3-7-18(14(13)2)31-21-16(6-4-10-23-21)24-20(27)12-25-17-9-8-15(26(29)30)11-19(17)32-22(25)28/h3-11H,12H2,1-2H3,(H,24,27). The molecular weight excluding hydrogens is 416 g/mol. The fourth-order valence-electron chi connectivity index (χ4n) is 3.16. The van der Waals surface area contributed by atoms with Crippen LogP contribution < -0.4 is 15.8 Å². The molecule has 32 heavy (non-hydrogen) atoms. The van der Waals surface area contributed by atoms with Gasteiger partial charge in [0.2, 0.25) is 11.8 Å². The first-order valence-corrected chi connectivity index (χ1v) is 9.60. The third-order valence-electron chi connectivity index (χ3n) is 4.97. The minimum absolute atomic E-state index is 0.0253. The first-order valence-electron chi connectivity index (χ1n) is 9.60. The highest BCUT2D eigenvalue weighted by Gasteiger charge is 2.17. The molecule has 162 valence electrons. The number of ether oxygens (including phenoxy) is 1. The number of rotatable bonds is 6. The molecule has 10 nitrogen and oxygen atoms in total. The molecule has 0 radical (unpaired) electrons. The van der Waals surface area contributed by atoms with Crippen LogP contribution in [0.15, 0.2) is 63.9 Å². The van der Waals surface area contributed by atoms with Crippen molar-refractivity contribution in [3.05, 3.63) is 86.5 Å². The molecule has 0 atom stereocenters. The summed E-state index contributed by atoms with van der Waals surface area (Å²) in [5, 5.41) is 13.6. The largest absolute Gasteiger partial charge is 0.437 e. The number of benzene rings is 2. The molecule has 2 aromatic heterocycles. The Balaban J connectivity index is 1.57. The van der Waals surface area contributed by atoms with Gasteiger partial charge in [-0.3, -0.25) is 19.5 Å². The third kappa shape index (κ3) is 4.06. The molecule has 0 saturated heterocycles. The molecule has 0 aliphatic carbocycles. The summed E-state index contributed by atoms with van der Waals surface area (Å²) < 4.78 is 12.1. The highest BCUT2D eigenvalue weighted by molar-refractivity contribution is 5.92. The van der Waals surface area contributed by atoms with E-state index in [4.69, 9.17) is 9.15 Å². The second-order valence-corrected chi connectivity index (χ2v) is 7.07. The number of anilines is 1. The minimum atomic E-state index is -0.798. The van der Waals surface area contributed by atoms with Gasteiger partial charge in [-0.05, 0) is 49.2 Å². The van der Waals surface area contributed by atoms with E-state index in [1.54, 1.807) is 18.2 Å². The van der Waals surface area contributed by atoms with Crippen molar-refractivity contribution >= 4 is 28.4 Å². The van der Waals surface area contributed by atoms with E-state index in [0.717, 1.165) is 21.8 Å². The number of nitrogens with one attached hydrogen (secondary N) is 1. The fourth-order valence-corrected chi connectivity index (χ4v) is 3.16. The van der Waals surface area contributed by atoms with Gasteiger partial charge in [0.1, 0.15) is 18.0 Å². The van der Waals surface area contributed by atoms with E-state index in [9.17, 15) is 19.7 Å². The molecule has 0 spiro atoms. The molecule has 0 bridgehead atoms. The summed E-state index contributed by atoms with van der Waals surface area (Å²) in [6.07, 6.45) is 1.54. The van der Waals surface area contributed by atoms with E-state index in [0.29, 0.717) is 11.4 Å². The summed E-state index contributed by atoms with van der Waals surface area (Å²) >= 11 is 0.